The number of nitrogens with one attached hydrogen (secondary N) is 1. The molecule has 0 unspecified atom stereocenters. The van der Waals surface area contributed by atoms with E-state index in [0.717, 1.165) is 19.6 Å². The fourth-order valence-electron chi connectivity index (χ4n) is 3.69. The minimum atomic E-state index is -0.336. The van der Waals surface area contributed by atoms with Crippen LogP contribution >= 0.6 is 11.6 Å². The van der Waals surface area contributed by atoms with Gasteiger partial charge in [0.2, 0.25) is 0 Å². The van der Waals surface area contributed by atoms with E-state index in [2.05, 4.69) is 22.2 Å². The number of aryl methyl sites for hydroxylation is 1. The summed E-state index contributed by atoms with van der Waals surface area (Å²) in [6.07, 6.45) is 2.48. The largest absolute Gasteiger partial charge is 0.348 e. The fraction of sp³-hybridized carbons (Fsp3) is 0.500. The first-order valence-corrected chi connectivity index (χ1v) is 9.77. The molecule has 5 nitrogen and oxygen atoms in total. The zero-order valence-electron chi connectivity index (χ0n) is 16.0. The molecule has 0 bridgehead atoms. The molecule has 1 aromatic heterocycles. The van der Waals surface area contributed by atoms with Gasteiger partial charge in [-0.2, -0.15) is 5.10 Å². The predicted molar refractivity (Wildman–Crippen MR) is 105 cm³/mol. The van der Waals surface area contributed by atoms with E-state index >= 15 is 0 Å². The standard InChI is InChI=1S/C20H26ClFN4O/c1-13-5-4-10-25(11-13)12-14(2)23-20(27)18-15(3)24-26(19(18)21)17-8-6-16(22)7-9-17/h6-9,13-14H,4-5,10-12H2,1-3H3,(H,23,27)/t13-,14+/m0/s1. The molecular formula is C20H26ClFN4O. The van der Waals surface area contributed by atoms with Crippen molar-refractivity contribution in [3.63, 3.8) is 0 Å². The number of piperidine rings is 1. The summed E-state index contributed by atoms with van der Waals surface area (Å²) < 4.78 is 14.6. The summed E-state index contributed by atoms with van der Waals surface area (Å²) >= 11 is 6.43. The Morgan fingerprint density at radius 1 is 1.41 bits per heavy atom. The van der Waals surface area contributed by atoms with Crippen LogP contribution in [0.5, 0.6) is 0 Å². The minimum absolute atomic E-state index is 0.00689. The van der Waals surface area contributed by atoms with Crippen molar-refractivity contribution in [2.75, 3.05) is 19.6 Å². The molecule has 27 heavy (non-hydrogen) atoms. The van der Waals surface area contributed by atoms with Gasteiger partial charge in [-0.3, -0.25) is 4.79 Å². The number of benzene rings is 1. The Bertz CT molecular complexity index is 805. The molecule has 7 heteroatoms. The lowest BCUT2D eigenvalue weighted by Crippen LogP contribution is -2.45. The average Bonchev–Trinajstić information content (AvgIpc) is 2.90. The van der Waals surface area contributed by atoms with Crippen LogP contribution in [0.25, 0.3) is 5.69 Å². The lowest BCUT2D eigenvalue weighted by atomic mass is 10.00. The van der Waals surface area contributed by atoms with E-state index in [9.17, 15) is 9.18 Å². The third-order valence-corrected chi connectivity index (χ3v) is 5.30. The van der Waals surface area contributed by atoms with Crippen molar-refractivity contribution in [2.24, 2.45) is 5.92 Å². The van der Waals surface area contributed by atoms with Crippen LogP contribution in [0.3, 0.4) is 0 Å². The molecule has 0 saturated carbocycles. The summed E-state index contributed by atoms with van der Waals surface area (Å²) in [5.41, 5.74) is 1.51. The number of hydrogen-bond acceptors (Lipinski definition) is 3. The summed E-state index contributed by atoms with van der Waals surface area (Å²) in [7, 11) is 0. The van der Waals surface area contributed by atoms with Crippen LogP contribution in [0.2, 0.25) is 5.15 Å². The first-order valence-electron chi connectivity index (χ1n) is 9.39. The van der Waals surface area contributed by atoms with Gasteiger partial charge in [-0.1, -0.05) is 18.5 Å². The number of rotatable bonds is 5. The highest BCUT2D eigenvalue weighted by atomic mass is 35.5. The number of likely N-dealkylation sites (tertiary alicyclic amines) is 1. The maximum absolute atomic E-state index is 13.1. The van der Waals surface area contributed by atoms with E-state index in [-0.39, 0.29) is 22.9 Å². The normalized spacial score (nSPS) is 19.1. The van der Waals surface area contributed by atoms with Crippen LogP contribution in [0.1, 0.15) is 42.7 Å². The lowest BCUT2D eigenvalue weighted by molar-refractivity contribution is 0.0919. The number of carbonyl (C=O) groups is 1. The molecule has 2 aromatic rings. The van der Waals surface area contributed by atoms with Gasteiger partial charge in [0.15, 0.2) is 0 Å². The Labute approximate surface area is 164 Å². The highest BCUT2D eigenvalue weighted by molar-refractivity contribution is 6.33. The second kappa shape index (κ2) is 8.40. The van der Waals surface area contributed by atoms with Crippen molar-refractivity contribution in [1.29, 1.82) is 0 Å². The molecule has 1 saturated heterocycles. The third-order valence-electron chi connectivity index (χ3n) is 4.95. The summed E-state index contributed by atoms with van der Waals surface area (Å²) in [5.74, 6) is 0.133. The lowest BCUT2D eigenvalue weighted by Gasteiger charge is -2.32. The van der Waals surface area contributed by atoms with Crippen molar-refractivity contribution in [1.82, 2.24) is 20.0 Å². The maximum atomic E-state index is 13.1. The number of carbonyl (C=O) groups excluding carboxylic acids is 1. The average molecular weight is 393 g/mol. The minimum Gasteiger partial charge on any atom is -0.348 e. The van der Waals surface area contributed by atoms with E-state index in [1.165, 1.54) is 29.7 Å². The monoisotopic (exact) mass is 392 g/mol. The van der Waals surface area contributed by atoms with Gasteiger partial charge in [-0.25, -0.2) is 9.07 Å². The molecule has 1 aliphatic rings. The molecule has 0 aliphatic carbocycles. The zero-order valence-corrected chi connectivity index (χ0v) is 16.8. The van der Waals surface area contributed by atoms with Gasteiger partial charge in [-0.05, 0) is 63.4 Å². The van der Waals surface area contributed by atoms with Crippen LogP contribution in [-0.4, -0.2) is 46.3 Å². The molecule has 1 amide bonds. The van der Waals surface area contributed by atoms with E-state index in [0.29, 0.717) is 22.9 Å². The van der Waals surface area contributed by atoms with Crippen LogP contribution < -0.4 is 5.32 Å². The van der Waals surface area contributed by atoms with Crippen molar-refractivity contribution < 1.29 is 9.18 Å². The number of amides is 1. The number of nitrogens with zero attached hydrogens (tertiary/aromatic N) is 3. The SMILES string of the molecule is Cc1nn(-c2ccc(F)cc2)c(Cl)c1C(=O)N[C@H](C)CN1CCC[C@H](C)C1. The van der Waals surface area contributed by atoms with E-state index in [1.54, 1.807) is 19.1 Å². The van der Waals surface area contributed by atoms with Gasteiger partial charge in [0.05, 0.1) is 16.9 Å². The first-order chi connectivity index (χ1) is 12.8. The van der Waals surface area contributed by atoms with Crippen LogP contribution in [0.4, 0.5) is 4.39 Å². The highest BCUT2D eigenvalue weighted by Crippen LogP contribution is 2.24. The summed E-state index contributed by atoms with van der Waals surface area (Å²) in [6.45, 7) is 8.99. The molecule has 1 N–H and O–H groups in total. The molecule has 2 heterocycles. The zero-order chi connectivity index (χ0) is 19.6. The number of halogens is 2. The topological polar surface area (TPSA) is 50.2 Å². The second-order valence-electron chi connectivity index (χ2n) is 7.52. The molecule has 1 aliphatic heterocycles. The van der Waals surface area contributed by atoms with E-state index in [1.807, 2.05) is 6.92 Å². The fourth-order valence-corrected chi connectivity index (χ4v) is 4.05. The van der Waals surface area contributed by atoms with Gasteiger partial charge in [-0.15, -0.1) is 0 Å². The van der Waals surface area contributed by atoms with Gasteiger partial charge in [0, 0.05) is 19.1 Å². The summed E-state index contributed by atoms with van der Waals surface area (Å²) in [4.78, 5) is 15.2. The Morgan fingerprint density at radius 3 is 2.78 bits per heavy atom. The third kappa shape index (κ3) is 4.68. The van der Waals surface area contributed by atoms with E-state index in [4.69, 9.17) is 11.6 Å². The van der Waals surface area contributed by atoms with Crippen LogP contribution in [0.15, 0.2) is 24.3 Å². The number of hydrogen-bond donors (Lipinski definition) is 1. The van der Waals surface area contributed by atoms with Crippen molar-refractivity contribution >= 4 is 17.5 Å². The Morgan fingerprint density at radius 2 is 2.11 bits per heavy atom. The van der Waals surface area contributed by atoms with Crippen molar-refractivity contribution in [2.45, 2.75) is 39.7 Å². The van der Waals surface area contributed by atoms with Gasteiger partial charge < -0.3 is 10.2 Å². The Kier molecular flexibility index (Phi) is 6.17. The van der Waals surface area contributed by atoms with Crippen LogP contribution in [-0.2, 0) is 0 Å². The Balaban J connectivity index is 1.70. The Hall–Kier alpha value is -1.92. The molecule has 3 rings (SSSR count). The van der Waals surface area contributed by atoms with Crippen molar-refractivity contribution in [3.8, 4) is 5.69 Å². The van der Waals surface area contributed by atoms with Gasteiger partial charge >= 0.3 is 0 Å². The molecule has 0 spiro atoms. The quantitative estimate of drug-likeness (QED) is 0.841. The van der Waals surface area contributed by atoms with Crippen molar-refractivity contribution in [3.05, 3.63) is 46.5 Å². The van der Waals surface area contributed by atoms with Gasteiger partial charge in [0.25, 0.3) is 5.91 Å². The second-order valence-corrected chi connectivity index (χ2v) is 7.88. The molecule has 2 atom stereocenters. The molecule has 1 aromatic carbocycles. The molecule has 146 valence electrons. The molecule has 0 radical (unpaired) electrons. The predicted octanol–water partition coefficient (Wildman–Crippen LogP) is 3.82. The summed E-state index contributed by atoms with van der Waals surface area (Å²) in [5, 5.41) is 7.62. The summed E-state index contributed by atoms with van der Waals surface area (Å²) in [6, 6.07) is 5.84. The van der Waals surface area contributed by atoms with E-state index < -0.39 is 0 Å². The van der Waals surface area contributed by atoms with Crippen LogP contribution in [0, 0.1) is 18.7 Å². The van der Waals surface area contributed by atoms with Gasteiger partial charge in [0.1, 0.15) is 11.0 Å². The molecular weight excluding hydrogens is 367 g/mol. The maximum Gasteiger partial charge on any atom is 0.256 e. The number of aromatic nitrogens is 2. The molecule has 1 fully saturated rings. The highest BCUT2D eigenvalue weighted by Gasteiger charge is 2.24. The smallest absolute Gasteiger partial charge is 0.256 e. The first kappa shape index (κ1) is 19.8.